The van der Waals surface area contributed by atoms with Gasteiger partial charge in [-0.3, -0.25) is 0 Å². The number of thiophene rings is 1. The van der Waals surface area contributed by atoms with Crippen LogP contribution in [0.15, 0.2) is 15.9 Å². The first-order valence-electron chi connectivity index (χ1n) is 5.28. The van der Waals surface area contributed by atoms with Crippen LogP contribution in [-0.2, 0) is 11.2 Å². The Morgan fingerprint density at radius 1 is 1.53 bits per heavy atom. The molecule has 0 aliphatic rings. The van der Waals surface area contributed by atoms with Crippen molar-refractivity contribution in [3.8, 4) is 0 Å². The van der Waals surface area contributed by atoms with E-state index in [4.69, 9.17) is 10.5 Å². The maximum Gasteiger partial charge on any atom is 0.0726 e. The number of nitrogens with two attached hydrogens (primary N) is 1. The standard InChI is InChI=1S/C11H18BrNOS/c1-3-10(14-4-2)9(13)7-11-8(12)5-6-15-11/h5-6,9-10H,3-4,7,13H2,1-2H3. The van der Waals surface area contributed by atoms with E-state index in [2.05, 4.69) is 34.3 Å². The Hall–Kier alpha value is 0.100. The van der Waals surface area contributed by atoms with Crippen molar-refractivity contribution in [2.45, 2.75) is 38.8 Å². The van der Waals surface area contributed by atoms with E-state index < -0.39 is 0 Å². The molecule has 0 aliphatic heterocycles. The second kappa shape index (κ2) is 6.63. The van der Waals surface area contributed by atoms with Crippen LogP contribution in [0.3, 0.4) is 0 Å². The summed E-state index contributed by atoms with van der Waals surface area (Å²) in [4.78, 5) is 1.31. The van der Waals surface area contributed by atoms with Crippen LogP contribution < -0.4 is 5.73 Å². The topological polar surface area (TPSA) is 35.2 Å². The SMILES string of the molecule is CCOC(CC)C(N)Cc1sccc1Br. The first-order chi connectivity index (χ1) is 7.19. The molecule has 0 aromatic carbocycles. The summed E-state index contributed by atoms with van der Waals surface area (Å²) in [6.45, 7) is 4.86. The lowest BCUT2D eigenvalue weighted by Crippen LogP contribution is -2.38. The van der Waals surface area contributed by atoms with E-state index in [0.29, 0.717) is 0 Å². The van der Waals surface area contributed by atoms with Gasteiger partial charge in [-0.05, 0) is 40.7 Å². The quantitative estimate of drug-likeness (QED) is 0.874. The molecule has 0 radical (unpaired) electrons. The average molecular weight is 292 g/mol. The minimum atomic E-state index is 0.0879. The normalized spacial score (nSPS) is 15.2. The maximum absolute atomic E-state index is 6.14. The van der Waals surface area contributed by atoms with Gasteiger partial charge in [0.25, 0.3) is 0 Å². The van der Waals surface area contributed by atoms with Crippen LogP contribution in [0.5, 0.6) is 0 Å². The monoisotopic (exact) mass is 291 g/mol. The number of halogens is 1. The lowest BCUT2D eigenvalue weighted by atomic mass is 10.1. The number of rotatable bonds is 6. The largest absolute Gasteiger partial charge is 0.377 e. The molecule has 2 unspecified atom stereocenters. The number of ether oxygens (including phenoxy) is 1. The zero-order valence-corrected chi connectivity index (χ0v) is 11.6. The molecule has 2 nitrogen and oxygen atoms in total. The molecular weight excluding hydrogens is 274 g/mol. The van der Waals surface area contributed by atoms with Crippen LogP contribution in [0.1, 0.15) is 25.1 Å². The molecule has 1 aromatic rings. The summed E-state index contributed by atoms with van der Waals surface area (Å²) < 4.78 is 6.77. The van der Waals surface area contributed by atoms with Crippen molar-refractivity contribution in [2.75, 3.05) is 6.61 Å². The van der Waals surface area contributed by atoms with Crippen LogP contribution in [0, 0.1) is 0 Å². The molecule has 0 saturated heterocycles. The number of hydrogen-bond acceptors (Lipinski definition) is 3. The smallest absolute Gasteiger partial charge is 0.0726 e. The van der Waals surface area contributed by atoms with Gasteiger partial charge in [0.05, 0.1) is 6.10 Å². The Balaban J connectivity index is 2.53. The predicted molar refractivity (Wildman–Crippen MR) is 69.4 cm³/mol. The molecule has 86 valence electrons. The van der Waals surface area contributed by atoms with Crippen molar-refractivity contribution in [2.24, 2.45) is 5.73 Å². The first kappa shape index (κ1) is 13.2. The second-order valence-electron chi connectivity index (χ2n) is 3.46. The van der Waals surface area contributed by atoms with Crippen molar-refractivity contribution in [1.82, 2.24) is 0 Å². The van der Waals surface area contributed by atoms with Gasteiger partial charge in [0.2, 0.25) is 0 Å². The van der Waals surface area contributed by atoms with Gasteiger partial charge < -0.3 is 10.5 Å². The molecule has 0 bridgehead atoms. The summed E-state index contributed by atoms with van der Waals surface area (Å²) in [5.41, 5.74) is 6.14. The average Bonchev–Trinajstić information content (AvgIpc) is 2.60. The molecule has 1 heterocycles. The van der Waals surface area contributed by atoms with E-state index >= 15 is 0 Å². The molecule has 2 atom stereocenters. The third-order valence-electron chi connectivity index (χ3n) is 2.37. The third kappa shape index (κ3) is 3.87. The van der Waals surface area contributed by atoms with E-state index in [9.17, 15) is 0 Å². The van der Waals surface area contributed by atoms with Crippen molar-refractivity contribution in [3.63, 3.8) is 0 Å². The van der Waals surface area contributed by atoms with Crippen molar-refractivity contribution < 1.29 is 4.74 Å². The maximum atomic E-state index is 6.14. The molecule has 0 amide bonds. The molecular formula is C11H18BrNOS. The summed E-state index contributed by atoms with van der Waals surface area (Å²) in [6, 6.07) is 2.15. The van der Waals surface area contributed by atoms with Gasteiger partial charge in [-0.15, -0.1) is 11.3 Å². The number of hydrogen-bond donors (Lipinski definition) is 1. The van der Waals surface area contributed by atoms with Crippen LogP contribution in [-0.4, -0.2) is 18.8 Å². The fourth-order valence-corrected chi connectivity index (χ4v) is 3.16. The van der Waals surface area contributed by atoms with Crippen molar-refractivity contribution in [1.29, 1.82) is 0 Å². The fraction of sp³-hybridized carbons (Fsp3) is 0.636. The van der Waals surface area contributed by atoms with E-state index in [1.54, 1.807) is 11.3 Å². The van der Waals surface area contributed by atoms with Gasteiger partial charge >= 0.3 is 0 Å². The van der Waals surface area contributed by atoms with Gasteiger partial charge in [-0.1, -0.05) is 6.92 Å². The van der Waals surface area contributed by atoms with E-state index in [1.165, 1.54) is 4.88 Å². The van der Waals surface area contributed by atoms with E-state index in [-0.39, 0.29) is 12.1 Å². The van der Waals surface area contributed by atoms with E-state index in [0.717, 1.165) is 23.9 Å². The molecule has 0 saturated carbocycles. The lowest BCUT2D eigenvalue weighted by molar-refractivity contribution is 0.0419. The van der Waals surface area contributed by atoms with Gasteiger partial charge in [0.15, 0.2) is 0 Å². The third-order valence-corrected chi connectivity index (χ3v) is 4.32. The van der Waals surface area contributed by atoms with Gasteiger partial charge in [0, 0.05) is 28.4 Å². The summed E-state index contributed by atoms with van der Waals surface area (Å²) in [6.07, 6.45) is 2.03. The molecule has 1 rings (SSSR count). The van der Waals surface area contributed by atoms with Gasteiger partial charge in [-0.2, -0.15) is 0 Å². The highest BCUT2D eigenvalue weighted by atomic mass is 79.9. The molecule has 15 heavy (non-hydrogen) atoms. The Morgan fingerprint density at radius 2 is 2.27 bits per heavy atom. The summed E-state index contributed by atoms with van der Waals surface area (Å²) in [5, 5.41) is 2.08. The predicted octanol–water partition coefficient (Wildman–Crippen LogP) is 3.20. The molecule has 4 heteroatoms. The highest BCUT2D eigenvalue weighted by Gasteiger charge is 2.17. The zero-order valence-electron chi connectivity index (χ0n) is 9.20. The Kier molecular flexibility index (Phi) is 5.82. The van der Waals surface area contributed by atoms with Gasteiger partial charge in [0.1, 0.15) is 0 Å². The molecule has 0 fully saturated rings. The van der Waals surface area contributed by atoms with Crippen LogP contribution in [0.4, 0.5) is 0 Å². The van der Waals surface area contributed by atoms with Crippen LogP contribution in [0.25, 0.3) is 0 Å². The zero-order chi connectivity index (χ0) is 11.3. The van der Waals surface area contributed by atoms with E-state index in [1.807, 2.05) is 6.92 Å². The molecule has 1 aromatic heterocycles. The minimum absolute atomic E-state index is 0.0879. The van der Waals surface area contributed by atoms with Crippen LogP contribution >= 0.6 is 27.3 Å². The lowest BCUT2D eigenvalue weighted by Gasteiger charge is -2.22. The summed E-state index contributed by atoms with van der Waals surface area (Å²) in [5.74, 6) is 0. The molecule has 0 spiro atoms. The minimum Gasteiger partial charge on any atom is -0.377 e. The Bertz CT molecular complexity index is 290. The van der Waals surface area contributed by atoms with Crippen LogP contribution in [0.2, 0.25) is 0 Å². The highest BCUT2D eigenvalue weighted by molar-refractivity contribution is 9.10. The van der Waals surface area contributed by atoms with Gasteiger partial charge in [-0.25, -0.2) is 0 Å². The Labute approximate surface area is 104 Å². The molecule has 0 aliphatic carbocycles. The second-order valence-corrected chi connectivity index (χ2v) is 5.32. The Morgan fingerprint density at radius 3 is 2.73 bits per heavy atom. The first-order valence-corrected chi connectivity index (χ1v) is 6.95. The van der Waals surface area contributed by atoms with Crippen molar-refractivity contribution in [3.05, 3.63) is 20.8 Å². The molecule has 2 N–H and O–H groups in total. The van der Waals surface area contributed by atoms with Crippen molar-refractivity contribution >= 4 is 27.3 Å². The summed E-state index contributed by atoms with van der Waals surface area (Å²) >= 11 is 5.26. The summed E-state index contributed by atoms with van der Waals surface area (Å²) in [7, 11) is 0. The fourth-order valence-electron chi connectivity index (χ4n) is 1.57. The highest BCUT2D eigenvalue weighted by Crippen LogP contribution is 2.24.